The van der Waals surface area contributed by atoms with Crippen LogP contribution in [0.4, 0.5) is 0 Å². The summed E-state index contributed by atoms with van der Waals surface area (Å²) in [6.07, 6.45) is 0. The summed E-state index contributed by atoms with van der Waals surface area (Å²) in [4.78, 5) is 23.8. The van der Waals surface area contributed by atoms with Crippen LogP contribution in [0.25, 0.3) is 0 Å². The van der Waals surface area contributed by atoms with Gasteiger partial charge in [-0.3, -0.25) is 4.79 Å². The lowest BCUT2D eigenvalue weighted by Gasteiger charge is -2.23. The number of carbonyl (C=O) groups excluding carboxylic acids is 2. The fourth-order valence-corrected chi connectivity index (χ4v) is 1.50. The predicted molar refractivity (Wildman–Crippen MR) is 64.2 cm³/mol. The summed E-state index contributed by atoms with van der Waals surface area (Å²) in [6.45, 7) is 1.23. The highest BCUT2D eigenvalue weighted by atomic mass is 16.6. The number of Topliss-reactive ketones (excluding diaryl/α,β-unsaturated/α-hetero) is 1. The number of aliphatic hydroxyl groups is 1. The molecule has 0 fully saturated rings. The van der Waals surface area contributed by atoms with E-state index in [1.165, 1.54) is 19.2 Å². The predicted octanol–water partition coefficient (Wildman–Crippen LogP) is 0.810. The molecule has 0 amide bonds. The maximum absolute atomic E-state index is 12.1. The molecule has 1 unspecified atom stereocenters. The van der Waals surface area contributed by atoms with Gasteiger partial charge >= 0.3 is 5.97 Å². The van der Waals surface area contributed by atoms with Crippen molar-refractivity contribution in [2.24, 2.45) is 0 Å². The van der Waals surface area contributed by atoms with Crippen LogP contribution in [0.2, 0.25) is 0 Å². The molecule has 0 aliphatic rings. The Morgan fingerprint density at radius 2 is 1.89 bits per heavy atom. The van der Waals surface area contributed by atoms with Gasteiger partial charge < -0.3 is 14.6 Å². The van der Waals surface area contributed by atoms with Crippen LogP contribution in [0.3, 0.4) is 0 Å². The molecule has 0 radical (unpaired) electrons. The largest absolute Gasteiger partial charge is 0.463 e. The molecule has 0 aliphatic heterocycles. The third kappa shape index (κ3) is 2.94. The lowest BCUT2D eigenvalue weighted by molar-refractivity contribution is -0.163. The van der Waals surface area contributed by atoms with E-state index in [1.54, 1.807) is 25.1 Å². The molecule has 0 aliphatic carbocycles. The molecule has 98 valence electrons. The van der Waals surface area contributed by atoms with Gasteiger partial charge in [0.05, 0.1) is 13.2 Å². The van der Waals surface area contributed by atoms with Crippen molar-refractivity contribution in [3.8, 4) is 0 Å². The summed E-state index contributed by atoms with van der Waals surface area (Å²) in [5.41, 5.74) is -2.07. The van der Waals surface area contributed by atoms with Gasteiger partial charge in [-0.05, 0) is 6.92 Å². The Balaban J connectivity index is 3.04. The highest BCUT2D eigenvalue weighted by Crippen LogP contribution is 2.16. The van der Waals surface area contributed by atoms with Gasteiger partial charge in [-0.1, -0.05) is 30.3 Å². The molecule has 0 saturated carbocycles. The van der Waals surface area contributed by atoms with Crippen LogP contribution < -0.4 is 0 Å². The second-order valence-corrected chi connectivity index (χ2v) is 3.71. The van der Waals surface area contributed by atoms with Crippen molar-refractivity contribution in [3.63, 3.8) is 0 Å². The molecule has 0 heterocycles. The SMILES string of the molecule is CCOC(=O)C(O)(COC)C(=O)c1ccccc1. The molecule has 1 atom stereocenters. The van der Waals surface area contributed by atoms with Crippen LogP contribution in [-0.2, 0) is 14.3 Å². The minimum absolute atomic E-state index is 0.0763. The first-order chi connectivity index (χ1) is 8.56. The maximum atomic E-state index is 12.1. The minimum atomic E-state index is -2.30. The number of ether oxygens (including phenoxy) is 2. The van der Waals surface area contributed by atoms with Crippen molar-refractivity contribution in [1.82, 2.24) is 0 Å². The fraction of sp³-hybridized carbons (Fsp3) is 0.385. The van der Waals surface area contributed by atoms with Crippen LogP contribution in [0.15, 0.2) is 30.3 Å². The van der Waals surface area contributed by atoms with E-state index in [4.69, 9.17) is 9.47 Å². The minimum Gasteiger partial charge on any atom is -0.463 e. The summed E-state index contributed by atoms with van der Waals surface area (Å²) < 4.78 is 9.46. The quantitative estimate of drug-likeness (QED) is 0.461. The van der Waals surface area contributed by atoms with Crippen LogP contribution in [0.1, 0.15) is 17.3 Å². The lowest BCUT2D eigenvalue weighted by atomic mass is 9.93. The molecule has 1 rings (SSSR count). The molecular weight excluding hydrogens is 236 g/mol. The number of methoxy groups -OCH3 is 1. The van der Waals surface area contributed by atoms with Gasteiger partial charge in [0.25, 0.3) is 0 Å². The third-order valence-corrected chi connectivity index (χ3v) is 2.38. The van der Waals surface area contributed by atoms with E-state index in [9.17, 15) is 14.7 Å². The summed E-state index contributed by atoms with van der Waals surface area (Å²) in [7, 11) is 1.29. The van der Waals surface area contributed by atoms with Crippen LogP contribution in [0, 0.1) is 0 Å². The topological polar surface area (TPSA) is 72.8 Å². The second kappa shape index (κ2) is 6.28. The summed E-state index contributed by atoms with van der Waals surface area (Å²) >= 11 is 0. The number of esters is 1. The summed E-state index contributed by atoms with van der Waals surface area (Å²) in [6, 6.07) is 8.05. The van der Waals surface area contributed by atoms with Crippen LogP contribution in [-0.4, -0.2) is 42.8 Å². The van der Waals surface area contributed by atoms with E-state index in [0.717, 1.165) is 0 Å². The van der Waals surface area contributed by atoms with Crippen molar-refractivity contribution in [2.45, 2.75) is 12.5 Å². The van der Waals surface area contributed by atoms with Crippen LogP contribution in [0.5, 0.6) is 0 Å². The van der Waals surface area contributed by atoms with Crippen molar-refractivity contribution in [3.05, 3.63) is 35.9 Å². The smallest absolute Gasteiger partial charge is 0.348 e. The molecule has 0 spiro atoms. The zero-order valence-corrected chi connectivity index (χ0v) is 10.4. The van der Waals surface area contributed by atoms with E-state index < -0.39 is 24.0 Å². The van der Waals surface area contributed by atoms with Gasteiger partial charge in [0.1, 0.15) is 0 Å². The number of ketones is 1. The van der Waals surface area contributed by atoms with Gasteiger partial charge in [-0.15, -0.1) is 0 Å². The Kier molecular flexibility index (Phi) is 5.00. The Labute approximate surface area is 105 Å². The molecule has 5 nitrogen and oxygen atoms in total. The van der Waals surface area contributed by atoms with Crippen molar-refractivity contribution >= 4 is 11.8 Å². The van der Waals surface area contributed by atoms with E-state index >= 15 is 0 Å². The summed E-state index contributed by atoms with van der Waals surface area (Å²) in [5.74, 6) is -1.73. The summed E-state index contributed by atoms with van der Waals surface area (Å²) in [5, 5.41) is 10.2. The molecule has 1 N–H and O–H groups in total. The van der Waals surface area contributed by atoms with E-state index in [1.807, 2.05) is 0 Å². The van der Waals surface area contributed by atoms with Crippen molar-refractivity contribution < 1.29 is 24.2 Å². The molecule has 18 heavy (non-hydrogen) atoms. The molecule has 0 saturated heterocycles. The first kappa shape index (κ1) is 14.3. The molecule has 0 bridgehead atoms. The lowest BCUT2D eigenvalue weighted by Crippen LogP contribution is -2.51. The van der Waals surface area contributed by atoms with Crippen LogP contribution >= 0.6 is 0 Å². The highest BCUT2D eigenvalue weighted by molar-refractivity contribution is 6.15. The van der Waals surface area contributed by atoms with Gasteiger partial charge in [-0.2, -0.15) is 0 Å². The number of rotatable bonds is 6. The van der Waals surface area contributed by atoms with Crippen molar-refractivity contribution in [1.29, 1.82) is 0 Å². The standard InChI is InChI=1S/C13H16O5/c1-3-18-12(15)13(16,9-17-2)11(14)10-7-5-4-6-8-10/h4-8,16H,3,9H2,1-2H3. The van der Waals surface area contributed by atoms with Gasteiger partial charge in [0, 0.05) is 12.7 Å². The second-order valence-electron chi connectivity index (χ2n) is 3.71. The fourth-order valence-electron chi connectivity index (χ4n) is 1.50. The Hall–Kier alpha value is -1.72. The first-order valence-electron chi connectivity index (χ1n) is 5.54. The number of hydrogen-bond donors (Lipinski definition) is 1. The Morgan fingerprint density at radius 1 is 1.28 bits per heavy atom. The Bertz CT molecular complexity index is 415. The zero-order valence-electron chi connectivity index (χ0n) is 10.4. The molecule has 5 heteroatoms. The highest BCUT2D eigenvalue weighted by Gasteiger charge is 2.46. The van der Waals surface area contributed by atoms with E-state index in [2.05, 4.69) is 0 Å². The molecular formula is C13H16O5. The Morgan fingerprint density at radius 3 is 2.39 bits per heavy atom. The average molecular weight is 252 g/mol. The number of carbonyl (C=O) groups is 2. The van der Waals surface area contributed by atoms with Gasteiger partial charge in [0.15, 0.2) is 0 Å². The number of hydrogen-bond acceptors (Lipinski definition) is 5. The first-order valence-corrected chi connectivity index (χ1v) is 5.54. The van der Waals surface area contributed by atoms with E-state index in [0.29, 0.717) is 0 Å². The molecule has 0 aromatic heterocycles. The van der Waals surface area contributed by atoms with Crippen molar-refractivity contribution in [2.75, 3.05) is 20.3 Å². The van der Waals surface area contributed by atoms with Gasteiger partial charge in [-0.25, -0.2) is 4.79 Å². The number of benzene rings is 1. The van der Waals surface area contributed by atoms with Gasteiger partial charge in [0.2, 0.25) is 11.4 Å². The average Bonchev–Trinajstić information content (AvgIpc) is 2.39. The molecule has 1 aromatic rings. The van der Waals surface area contributed by atoms with E-state index in [-0.39, 0.29) is 12.2 Å². The molecule has 1 aromatic carbocycles. The monoisotopic (exact) mass is 252 g/mol. The maximum Gasteiger partial charge on any atom is 0.348 e. The third-order valence-electron chi connectivity index (χ3n) is 2.38. The normalized spacial score (nSPS) is 13.7. The zero-order chi connectivity index (χ0) is 13.6.